The third kappa shape index (κ3) is 3.11. The van der Waals surface area contributed by atoms with Crippen molar-refractivity contribution in [2.45, 2.75) is 37.6 Å². The van der Waals surface area contributed by atoms with Crippen molar-refractivity contribution < 1.29 is 9.21 Å². The average Bonchev–Trinajstić information content (AvgIpc) is 3.39. The molecule has 5 rings (SSSR count). The minimum Gasteiger partial charge on any atom is -0.447 e. The summed E-state index contributed by atoms with van der Waals surface area (Å²) in [5.41, 5.74) is 9.08. The van der Waals surface area contributed by atoms with Crippen LogP contribution in [0.4, 0.5) is 0 Å². The lowest BCUT2D eigenvalue weighted by Gasteiger charge is -2.40. The third-order valence-electron chi connectivity index (χ3n) is 6.08. The lowest BCUT2D eigenvalue weighted by Crippen LogP contribution is -2.48. The molecule has 2 aliphatic rings. The number of aryl methyl sites for hydroxylation is 1. The van der Waals surface area contributed by atoms with E-state index in [-0.39, 0.29) is 17.9 Å². The molecule has 3 heterocycles. The van der Waals surface area contributed by atoms with Crippen LogP contribution in [-0.4, -0.2) is 38.8 Å². The standard InChI is InChI=1S/C22H23N5O2/c23-11-18-25-17(13-29-18)21(28)27-10-4-8-22(14-27)9-7-16-12-24-20(26-19(16)22)15-5-2-1-3-6-15/h1-3,5-6,12-13H,4,7-11,14,23H2. The first-order valence-electron chi connectivity index (χ1n) is 10.0. The van der Waals surface area contributed by atoms with Gasteiger partial charge in [-0.15, -0.1) is 0 Å². The summed E-state index contributed by atoms with van der Waals surface area (Å²) in [7, 11) is 0. The first-order valence-corrected chi connectivity index (χ1v) is 10.0. The molecule has 1 aliphatic carbocycles. The molecule has 7 heteroatoms. The molecule has 1 aliphatic heterocycles. The van der Waals surface area contributed by atoms with Gasteiger partial charge in [0.2, 0.25) is 5.89 Å². The number of rotatable bonds is 3. The fraction of sp³-hybridized carbons (Fsp3) is 0.364. The van der Waals surface area contributed by atoms with E-state index in [0.717, 1.165) is 49.3 Å². The van der Waals surface area contributed by atoms with Crippen molar-refractivity contribution >= 4 is 5.91 Å². The molecule has 7 nitrogen and oxygen atoms in total. The topological polar surface area (TPSA) is 98.1 Å². The summed E-state index contributed by atoms with van der Waals surface area (Å²) < 4.78 is 5.26. The largest absolute Gasteiger partial charge is 0.447 e. The van der Waals surface area contributed by atoms with Crippen LogP contribution in [-0.2, 0) is 18.4 Å². The number of likely N-dealkylation sites (tertiary alicyclic amines) is 1. The predicted octanol–water partition coefficient (Wildman–Crippen LogP) is 2.71. The number of nitrogens with two attached hydrogens (primary N) is 1. The molecular formula is C22H23N5O2. The summed E-state index contributed by atoms with van der Waals surface area (Å²) in [5, 5.41) is 0. The molecule has 0 bridgehead atoms. The number of amides is 1. The number of oxazole rings is 1. The van der Waals surface area contributed by atoms with Crippen LogP contribution in [0.1, 0.15) is 46.9 Å². The van der Waals surface area contributed by atoms with Gasteiger partial charge in [-0.25, -0.2) is 15.0 Å². The highest BCUT2D eigenvalue weighted by molar-refractivity contribution is 5.92. The Labute approximate surface area is 169 Å². The van der Waals surface area contributed by atoms with Crippen molar-refractivity contribution in [3.63, 3.8) is 0 Å². The lowest BCUT2D eigenvalue weighted by atomic mass is 9.77. The second-order valence-electron chi connectivity index (χ2n) is 7.87. The van der Waals surface area contributed by atoms with Gasteiger partial charge in [-0.2, -0.15) is 0 Å². The Hall–Kier alpha value is -3.06. The molecule has 1 unspecified atom stereocenters. The predicted molar refractivity (Wildman–Crippen MR) is 107 cm³/mol. The van der Waals surface area contributed by atoms with Crippen molar-refractivity contribution in [1.29, 1.82) is 0 Å². The molecule has 2 aromatic heterocycles. The fourth-order valence-electron chi connectivity index (χ4n) is 4.63. The van der Waals surface area contributed by atoms with Crippen LogP contribution in [0.15, 0.2) is 47.2 Å². The molecule has 148 valence electrons. The van der Waals surface area contributed by atoms with E-state index in [1.54, 1.807) is 0 Å². The minimum absolute atomic E-state index is 0.0988. The Bertz CT molecular complexity index is 1040. The normalized spacial score (nSPS) is 20.8. The van der Waals surface area contributed by atoms with Crippen LogP contribution in [0.5, 0.6) is 0 Å². The van der Waals surface area contributed by atoms with Crippen molar-refractivity contribution in [3.05, 3.63) is 65.6 Å². The number of carbonyl (C=O) groups excluding carboxylic acids is 1. The Morgan fingerprint density at radius 1 is 1.21 bits per heavy atom. The van der Waals surface area contributed by atoms with Gasteiger partial charge in [-0.3, -0.25) is 4.79 Å². The fourth-order valence-corrected chi connectivity index (χ4v) is 4.63. The van der Waals surface area contributed by atoms with Crippen LogP contribution in [0.25, 0.3) is 11.4 Å². The summed E-state index contributed by atoms with van der Waals surface area (Å²) in [5.74, 6) is 1.03. The van der Waals surface area contributed by atoms with Gasteiger partial charge in [0.1, 0.15) is 6.26 Å². The van der Waals surface area contributed by atoms with E-state index in [0.29, 0.717) is 18.1 Å². The summed E-state index contributed by atoms with van der Waals surface area (Å²) in [6, 6.07) is 10.0. The number of piperidine rings is 1. The summed E-state index contributed by atoms with van der Waals surface area (Å²) >= 11 is 0. The number of benzene rings is 1. The van der Waals surface area contributed by atoms with E-state index >= 15 is 0 Å². The van der Waals surface area contributed by atoms with E-state index < -0.39 is 0 Å². The van der Waals surface area contributed by atoms with Gasteiger partial charge in [-0.1, -0.05) is 30.3 Å². The van der Waals surface area contributed by atoms with Crippen LogP contribution in [0, 0.1) is 0 Å². The van der Waals surface area contributed by atoms with Crippen molar-refractivity contribution in [3.8, 4) is 11.4 Å². The third-order valence-corrected chi connectivity index (χ3v) is 6.08. The van der Waals surface area contributed by atoms with E-state index in [4.69, 9.17) is 15.1 Å². The quantitative estimate of drug-likeness (QED) is 0.740. The van der Waals surface area contributed by atoms with Crippen LogP contribution in [0.2, 0.25) is 0 Å². The van der Waals surface area contributed by atoms with E-state index in [1.165, 1.54) is 11.8 Å². The second kappa shape index (κ2) is 7.08. The highest BCUT2D eigenvalue weighted by Gasteiger charge is 2.45. The van der Waals surface area contributed by atoms with E-state index in [1.807, 2.05) is 41.4 Å². The lowest BCUT2D eigenvalue weighted by molar-refractivity contribution is 0.0627. The maximum atomic E-state index is 13.0. The molecule has 0 radical (unpaired) electrons. The molecular weight excluding hydrogens is 366 g/mol. The molecule has 1 saturated heterocycles. The van der Waals surface area contributed by atoms with Crippen molar-refractivity contribution in [1.82, 2.24) is 19.9 Å². The summed E-state index contributed by atoms with van der Waals surface area (Å²) in [4.78, 5) is 28.7. The summed E-state index contributed by atoms with van der Waals surface area (Å²) in [6.45, 7) is 1.55. The van der Waals surface area contributed by atoms with Gasteiger partial charge in [-0.05, 0) is 31.2 Å². The zero-order valence-corrected chi connectivity index (χ0v) is 16.2. The van der Waals surface area contributed by atoms with Gasteiger partial charge in [0.15, 0.2) is 11.5 Å². The molecule has 1 fully saturated rings. The maximum absolute atomic E-state index is 13.0. The molecule has 1 atom stereocenters. The smallest absolute Gasteiger partial charge is 0.275 e. The molecule has 1 amide bonds. The van der Waals surface area contributed by atoms with Crippen LogP contribution in [0.3, 0.4) is 0 Å². The number of hydrogen-bond acceptors (Lipinski definition) is 6. The molecule has 2 N–H and O–H groups in total. The monoisotopic (exact) mass is 389 g/mol. The molecule has 1 aromatic carbocycles. The average molecular weight is 389 g/mol. The van der Waals surface area contributed by atoms with Gasteiger partial charge >= 0.3 is 0 Å². The van der Waals surface area contributed by atoms with Crippen LogP contribution >= 0.6 is 0 Å². The Kier molecular flexibility index (Phi) is 4.39. The maximum Gasteiger partial charge on any atom is 0.275 e. The number of carbonyl (C=O) groups is 1. The van der Waals surface area contributed by atoms with Crippen LogP contribution < -0.4 is 5.73 Å². The van der Waals surface area contributed by atoms with Gasteiger partial charge in [0, 0.05) is 30.3 Å². The van der Waals surface area contributed by atoms with Gasteiger partial charge in [0.25, 0.3) is 5.91 Å². The summed E-state index contributed by atoms with van der Waals surface area (Å²) in [6.07, 6.45) is 7.29. The van der Waals surface area contributed by atoms with E-state index in [2.05, 4.69) is 9.97 Å². The van der Waals surface area contributed by atoms with Gasteiger partial charge < -0.3 is 15.1 Å². The molecule has 29 heavy (non-hydrogen) atoms. The Morgan fingerprint density at radius 2 is 2.07 bits per heavy atom. The minimum atomic E-state index is -0.115. The van der Waals surface area contributed by atoms with Crippen molar-refractivity contribution in [2.75, 3.05) is 13.1 Å². The van der Waals surface area contributed by atoms with Gasteiger partial charge in [0.05, 0.1) is 12.2 Å². The number of nitrogens with zero attached hydrogens (tertiary/aromatic N) is 4. The van der Waals surface area contributed by atoms with Crippen molar-refractivity contribution in [2.24, 2.45) is 5.73 Å². The first-order chi connectivity index (χ1) is 14.2. The number of aromatic nitrogens is 3. The Morgan fingerprint density at radius 3 is 2.86 bits per heavy atom. The highest BCUT2D eigenvalue weighted by Crippen LogP contribution is 2.44. The molecule has 0 saturated carbocycles. The zero-order chi connectivity index (χ0) is 19.8. The molecule has 1 spiro atoms. The second-order valence-corrected chi connectivity index (χ2v) is 7.87. The first kappa shape index (κ1) is 18.0. The number of hydrogen-bond donors (Lipinski definition) is 1. The Balaban J connectivity index is 1.45. The SMILES string of the molecule is NCc1nc(C(=O)N2CCCC3(CCc4cnc(-c5ccccc5)nc43)C2)co1. The number of fused-ring (bicyclic) bond motifs is 2. The highest BCUT2D eigenvalue weighted by atomic mass is 16.3. The van der Waals surface area contributed by atoms with E-state index in [9.17, 15) is 4.79 Å². The zero-order valence-electron chi connectivity index (χ0n) is 16.2. The molecule has 3 aromatic rings.